The van der Waals surface area contributed by atoms with Gasteiger partial charge in [0.15, 0.2) is 0 Å². The van der Waals surface area contributed by atoms with Crippen molar-refractivity contribution in [3.63, 3.8) is 0 Å². The summed E-state index contributed by atoms with van der Waals surface area (Å²) in [5, 5.41) is 0. The normalized spacial score (nSPS) is 21.8. The summed E-state index contributed by atoms with van der Waals surface area (Å²) in [6.45, 7) is 10.0. The van der Waals surface area contributed by atoms with Gasteiger partial charge in [0, 0.05) is 45.2 Å². The highest BCUT2D eigenvalue weighted by Gasteiger charge is 2.36. The van der Waals surface area contributed by atoms with Crippen molar-refractivity contribution in [1.29, 1.82) is 0 Å². The summed E-state index contributed by atoms with van der Waals surface area (Å²) >= 11 is 0. The summed E-state index contributed by atoms with van der Waals surface area (Å²) < 4.78 is 28.9. The van der Waals surface area contributed by atoms with Crippen LogP contribution in [0.2, 0.25) is 0 Å². The number of hydrogen-bond acceptors (Lipinski definition) is 3. The number of carbonyl (C=O) groups is 1. The largest absolute Gasteiger partial charge is 0.342 e. The highest BCUT2D eigenvalue weighted by molar-refractivity contribution is 7.86. The Bertz CT molecular complexity index is 516. The SMILES string of the molecule is CCCN(CCC)S(=O)(=O)N1CCC(C(=O)N2CCC(C)CC2)CC1. The van der Waals surface area contributed by atoms with E-state index in [2.05, 4.69) is 6.92 Å². The molecule has 2 aliphatic heterocycles. The highest BCUT2D eigenvalue weighted by atomic mass is 32.2. The van der Waals surface area contributed by atoms with Gasteiger partial charge in [-0.3, -0.25) is 4.79 Å². The van der Waals surface area contributed by atoms with Crippen molar-refractivity contribution in [2.24, 2.45) is 11.8 Å². The molecule has 0 saturated carbocycles. The molecule has 0 unspecified atom stereocenters. The van der Waals surface area contributed by atoms with E-state index in [1.54, 1.807) is 8.61 Å². The Morgan fingerprint density at radius 3 is 1.96 bits per heavy atom. The number of nitrogens with zero attached hydrogens (tertiary/aromatic N) is 3. The Labute approximate surface area is 153 Å². The van der Waals surface area contributed by atoms with Crippen molar-refractivity contribution in [2.45, 2.75) is 59.3 Å². The molecule has 2 heterocycles. The second-order valence-electron chi connectivity index (χ2n) is 7.59. The smallest absolute Gasteiger partial charge is 0.281 e. The monoisotopic (exact) mass is 373 g/mol. The van der Waals surface area contributed by atoms with E-state index in [0.717, 1.165) is 38.8 Å². The molecule has 2 fully saturated rings. The minimum Gasteiger partial charge on any atom is -0.342 e. The zero-order chi connectivity index (χ0) is 18.4. The van der Waals surface area contributed by atoms with Gasteiger partial charge in [0.25, 0.3) is 10.2 Å². The zero-order valence-corrected chi connectivity index (χ0v) is 16.9. The van der Waals surface area contributed by atoms with E-state index in [1.165, 1.54) is 0 Å². The molecule has 2 rings (SSSR count). The topological polar surface area (TPSA) is 60.9 Å². The molecule has 0 aromatic heterocycles. The molecule has 0 spiro atoms. The van der Waals surface area contributed by atoms with Gasteiger partial charge >= 0.3 is 0 Å². The van der Waals surface area contributed by atoms with Crippen LogP contribution in [0.15, 0.2) is 0 Å². The molecule has 0 N–H and O–H groups in total. The van der Waals surface area contributed by atoms with Gasteiger partial charge in [-0.1, -0.05) is 20.8 Å². The Kier molecular flexibility index (Phi) is 7.70. The van der Waals surface area contributed by atoms with Crippen molar-refractivity contribution in [3.05, 3.63) is 0 Å². The maximum Gasteiger partial charge on any atom is 0.281 e. The van der Waals surface area contributed by atoms with Gasteiger partial charge in [-0.25, -0.2) is 0 Å². The summed E-state index contributed by atoms with van der Waals surface area (Å²) in [4.78, 5) is 14.7. The number of amides is 1. The van der Waals surface area contributed by atoms with Crippen molar-refractivity contribution >= 4 is 16.1 Å². The summed E-state index contributed by atoms with van der Waals surface area (Å²) in [7, 11) is -3.39. The van der Waals surface area contributed by atoms with Crippen LogP contribution in [0.5, 0.6) is 0 Å². The molecule has 6 nitrogen and oxygen atoms in total. The van der Waals surface area contributed by atoms with E-state index >= 15 is 0 Å². The predicted molar refractivity (Wildman–Crippen MR) is 100 cm³/mol. The van der Waals surface area contributed by atoms with Gasteiger partial charge in [-0.05, 0) is 44.4 Å². The van der Waals surface area contributed by atoms with Crippen LogP contribution in [0.1, 0.15) is 59.3 Å². The van der Waals surface area contributed by atoms with Crippen molar-refractivity contribution in [1.82, 2.24) is 13.5 Å². The summed E-state index contributed by atoms with van der Waals surface area (Å²) in [5.74, 6) is 0.938. The van der Waals surface area contributed by atoms with E-state index < -0.39 is 10.2 Å². The fraction of sp³-hybridized carbons (Fsp3) is 0.944. The lowest BCUT2D eigenvalue weighted by Crippen LogP contribution is -2.50. The lowest BCUT2D eigenvalue weighted by Gasteiger charge is -2.37. The van der Waals surface area contributed by atoms with Gasteiger partial charge < -0.3 is 4.90 Å². The van der Waals surface area contributed by atoms with Crippen molar-refractivity contribution in [2.75, 3.05) is 39.3 Å². The van der Waals surface area contributed by atoms with E-state index in [-0.39, 0.29) is 11.8 Å². The Hall–Kier alpha value is -0.660. The summed E-state index contributed by atoms with van der Waals surface area (Å²) in [6, 6.07) is 0. The zero-order valence-electron chi connectivity index (χ0n) is 16.1. The van der Waals surface area contributed by atoms with E-state index in [0.29, 0.717) is 44.9 Å². The minimum atomic E-state index is -3.39. The molecular formula is C18H35N3O3S. The van der Waals surface area contributed by atoms with Crippen LogP contribution in [-0.2, 0) is 15.0 Å². The van der Waals surface area contributed by atoms with Crippen LogP contribution in [0, 0.1) is 11.8 Å². The number of carbonyl (C=O) groups excluding carboxylic acids is 1. The quantitative estimate of drug-likeness (QED) is 0.688. The molecule has 1 amide bonds. The van der Waals surface area contributed by atoms with E-state index in [4.69, 9.17) is 0 Å². The van der Waals surface area contributed by atoms with Crippen LogP contribution >= 0.6 is 0 Å². The van der Waals surface area contributed by atoms with E-state index in [1.807, 2.05) is 18.7 Å². The molecule has 0 radical (unpaired) electrons. The standard InChI is InChI=1S/C18H35N3O3S/c1-4-10-20(11-5-2)25(23,24)21-14-8-17(9-15-21)18(22)19-12-6-16(3)7-13-19/h16-17H,4-15H2,1-3H3. The summed E-state index contributed by atoms with van der Waals surface area (Å²) in [6.07, 6.45) is 5.11. The van der Waals surface area contributed by atoms with Gasteiger partial charge in [-0.15, -0.1) is 0 Å². The first-order valence-electron chi connectivity index (χ1n) is 9.94. The lowest BCUT2D eigenvalue weighted by atomic mass is 9.93. The Balaban J connectivity index is 1.90. The van der Waals surface area contributed by atoms with Crippen molar-refractivity contribution < 1.29 is 13.2 Å². The Morgan fingerprint density at radius 1 is 0.960 bits per heavy atom. The first kappa shape index (κ1) is 20.6. The second-order valence-corrected chi connectivity index (χ2v) is 9.52. The average molecular weight is 374 g/mol. The van der Waals surface area contributed by atoms with Crippen LogP contribution < -0.4 is 0 Å². The third-order valence-electron chi connectivity index (χ3n) is 5.50. The first-order valence-corrected chi connectivity index (χ1v) is 11.3. The first-order chi connectivity index (χ1) is 11.9. The fourth-order valence-corrected chi connectivity index (χ4v) is 5.65. The molecular weight excluding hydrogens is 338 g/mol. The number of piperidine rings is 2. The molecule has 25 heavy (non-hydrogen) atoms. The maximum atomic E-state index is 12.8. The molecule has 0 aliphatic carbocycles. The third kappa shape index (κ3) is 5.17. The predicted octanol–water partition coefficient (Wildman–Crippen LogP) is 2.32. The van der Waals surface area contributed by atoms with Gasteiger partial charge in [0.1, 0.15) is 0 Å². The molecule has 0 bridgehead atoms. The van der Waals surface area contributed by atoms with Gasteiger partial charge in [0.05, 0.1) is 0 Å². The van der Waals surface area contributed by atoms with Gasteiger partial charge in [-0.2, -0.15) is 17.0 Å². The molecule has 7 heteroatoms. The molecule has 0 aromatic carbocycles. The second kappa shape index (κ2) is 9.33. The fourth-order valence-electron chi connectivity index (χ4n) is 3.83. The number of rotatable bonds is 7. The third-order valence-corrected chi connectivity index (χ3v) is 7.53. The molecule has 2 saturated heterocycles. The molecule has 146 valence electrons. The number of hydrogen-bond donors (Lipinski definition) is 0. The minimum absolute atomic E-state index is 0.00865. The van der Waals surface area contributed by atoms with E-state index in [9.17, 15) is 13.2 Å². The molecule has 0 atom stereocenters. The van der Waals surface area contributed by atoms with Crippen LogP contribution in [0.3, 0.4) is 0 Å². The van der Waals surface area contributed by atoms with Crippen LogP contribution in [0.4, 0.5) is 0 Å². The van der Waals surface area contributed by atoms with Crippen LogP contribution in [0.25, 0.3) is 0 Å². The highest BCUT2D eigenvalue weighted by Crippen LogP contribution is 2.25. The summed E-state index contributed by atoms with van der Waals surface area (Å²) in [5.41, 5.74) is 0. The van der Waals surface area contributed by atoms with Crippen molar-refractivity contribution in [3.8, 4) is 0 Å². The average Bonchev–Trinajstić information content (AvgIpc) is 2.61. The molecule has 0 aromatic rings. The number of likely N-dealkylation sites (tertiary alicyclic amines) is 1. The van der Waals surface area contributed by atoms with Gasteiger partial charge in [0.2, 0.25) is 5.91 Å². The molecule has 2 aliphatic rings. The maximum absolute atomic E-state index is 12.8. The van der Waals surface area contributed by atoms with Crippen LogP contribution in [-0.4, -0.2) is 67.1 Å². The Morgan fingerprint density at radius 2 is 1.48 bits per heavy atom. The lowest BCUT2D eigenvalue weighted by molar-refractivity contribution is -0.138.